The topological polar surface area (TPSA) is 99.6 Å². The lowest BCUT2D eigenvalue weighted by Crippen LogP contribution is -2.56. The molecule has 1 N–H and O–H groups in total. The summed E-state index contributed by atoms with van der Waals surface area (Å²) < 4.78 is 12.5. The second-order valence-electron chi connectivity index (χ2n) is 11.9. The van der Waals surface area contributed by atoms with Gasteiger partial charge in [-0.15, -0.1) is 13.2 Å². The zero-order valence-electron chi connectivity index (χ0n) is 26.1. The minimum atomic E-state index is -1.11. The summed E-state index contributed by atoms with van der Waals surface area (Å²) in [5.41, 5.74) is -1.28. The highest BCUT2D eigenvalue weighted by Crippen LogP contribution is 2.64. The van der Waals surface area contributed by atoms with E-state index in [2.05, 4.69) is 20.1 Å². The smallest absolute Gasteiger partial charge is 0.248 e. The maximum atomic E-state index is 14.6. The van der Waals surface area contributed by atoms with Crippen LogP contribution >= 0.6 is 0 Å². The fourth-order valence-corrected chi connectivity index (χ4v) is 7.54. The molecule has 5 atom stereocenters. The summed E-state index contributed by atoms with van der Waals surface area (Å²) in [5.74, 6) is -1.45. The SMILES string of the molecule is C=CCN(CCCCC)C(=O)C1N(CCCO)C(=O)[C@@H]2[C@H](C(=O)N(CC=C)c3ccc(OCC)cc3)[C@]3(CC)CCC12O3. The van der Waals surface area contributed by atoms with Crippen molar-refractivity contribution in [1.82, 2.24) is 9.80 Å². The van der Waals surface area contributed by atoms with Gasteiger partial charge in [0.05, 0.1) is 24.0 Å². The Morgan fingerprint density at radius 1 is 1.07 bits per heavy atom. The molecule has 9 nitrogen and oxygen atoms in total. The maximum absolute atomic E-state index is 14.6. The lowest BCUT2D eigenvalue weighted by molar-refractivity contribution is -0.152. The van der Waals surface area contributed by atoms with Gasteiger partial charge in [-0.2, -0.15) is 0 Å². The van der Waals surface area contributed by atoms with Gasteiger partial charge in [-0.1, -0.05) is 38.8 Å². The van der Waals surface area contributed by atoms with Gasteiger partial charge in [0.1, 0.15) is 17.4 Å². The first-order valence-electron chi connectivity index (χ1n) is 15.9. The van der Waals surface area contributed by atoms with Crippen molar-refractivity contribution in [1.29, 1.82) is 0 Å². The molecule has 1 aromatic carbocycles. The van der Waals surface area contributed by atoms with Crippen LogP contribution < -0.4 is 9.64 Å². The molecular weight excluding hydrogens is 546 g/mol. The van der Waals surface area contributed by atoms with E-state index < -0.39 is 29.1 Å². The Kier molecular flexibility index (Phi) is 10.7. The number of amides is 3. The largest absolute Gasteiger partial charge is 0.494 e. The Balaban J connectivity index is 1.76. The predicted molar refractivity (Wildman–Crippen MR) is 167 cm³/mol. The van der Waals surface area contributed by atoms with Crippen molar-refractivity contribution < 1.29 is 29.0 Å². The number of nitrogens with zero attached hydrogens (tertiary/aromatic N) is 3. The van der Waals surface area contributed by atoms with Gasteiger partial charge in [-0.3, -0.25) is 14.4 Å². The number of likely N-dealkylation sites (tertiary alicyclic amines) is 1. The number of rotatable bonds is 17. The monoisotopic (exact) mass is 595 g/mol. The Labute approximate surface area is 256 Å². The molecule has 0 aliphatic carbocycles. The van der Waals surface area contributed by atoms with E-state index in [9.17, 15) is 19.5 Å². The average Bonchev–Trinajstić information content (AvgIpc) is 3.62. The summed E-state index contributed by atoms with van der Waals surface area (Å²) in [6, 6.07) is 6.48. The molecule has 43 heavy (non-hydrogen) atoms. The summed E-state index contributed by atoms with van der Waals surface area (Å²) in [6.45, 7) is 15.6. The lowest BCUT2D eigenvalue weighted by atomic mass is 9.64. The fourth-order valence-electron chi connectivity index (χ4n) is 7.54. The second-order valence-corrected chi connectivity index (χ2v) is 11.9. The zero-order chi connectivity index (χ0) is 31.2. The van der Waals surface area contributed by atoms with Gasteiger partial charge < -0.3 is 29.3 Å². The van der Waals surface area contributed by atoms with E-state index in [1.807, 2.05) is 38.1 Å². The Morgan fingerprint density at radius 3 is 2.40 bits per heavy atom. The van der Waals surface area contributed by atoms with Gasteiger partial charge >= 0.3 is 0 Å². The number of fused-ring (bicyclic) bond motifs is 1. The third-order valence-corrected chi connectivity index (χ3v) is 9.47. The summed E-state index contributed by atoms with van der Waals surface area (Å²) in [7, 11) is 0. The van der Waals surface area contributed by atoms with Crippen molar-refractivity contribution in [3.8, 4) is 5.75 Å². The number of aliphatic hydroxyl groups excluding tert-OH is 1. The normalized spacial score (nSPS) is 27.2. The van der Waals surface area contributed by atoms with Crippen LogP contribution in [0.25, 0.3) is 0 Å². The summed E-state index contributed by atoms with van der Waals surface area (Å²) in [6.07, 6.45) is 8.24. The van der Waals surface area contributed by atoms with E-state index >= 15 is 0 Å². The molecule has 4 rings (SSSR count). The highest BCUT2D eigenvalue weighted by atomic mass is 16.5. The van der Waals surface area contributed by atoms with Crippen LogP contribution in [0.1, 0.15) is 65.7 Å². The number of hydrogen-bond donors (Lipinski definition) is 1. The molecular formula is C34H49N3O6. The molecule has 0 saturated carbocycles. The fraction of sp³-hybridized carbons (Fsp3) is 0.618. The minimum Gasteiger partial charge on any atom is -0.494 e. The van der Waals surface area contributed by atoms with Gasteiger partial charge in [0.15, 0.2) is 0 Å². The molecule has 0 radical (unpaired) electrons. The predicted octanol–water partition coefficient (Wildman–Crippen LogP) is 4.35. The first kappa shape index (κ1) is 32.7. The standard InChI is InChI=1S/C34H49N3O6/c1-6-11-12-22-35(20-7-2)32(41)29-34-19-18-33(9-4,43-34)27(28(34)31(40)37(29)23-13-24-38)30(39)36(21-8-3)25-14-16-26(17-15-25)42-10-5/h7-8,14-17,27-29,38H,2-3,6,9-13,18-24H2,1,4-5H3/t27-,28+,29?,33+,34?/m1/s1. The number of carbonyl (C=O) groups is 3. The van der Waals surface area contributed by atoms with Crippen LogP contribution in [-0.2, 0) is 19.1 Å². The molecule has 3 saturated heterocycles. The van der Waals surface area contributed by atoms with E-state index in [0.717, 1.165) is 19.3 Å². The second kappa shape index (κ2) is 14.1. The number of aliphatic hydroxyl groups is 1. The van der Waals surface area contributed by atoms with Crippen LogP contribution in [0, 0.1) is 11.8 Å². The number of hydrogen-bond acceptors (Lipinski definition) is 6. The third-order valence-electron chi connectivity index (χ3n) is 9.47. The molecule has 3 amide bonds. The minimum absolute atomic E-state index is 0.109. The van der Waals surface area contributed by atoms with Crippen LogP contribution in [0.15, 0.2) is 49.6 Å². The van der Waals surface area contributed by atoms with Crippen molar-refractivity contribution >= 4 is 23.4 Å². The van der Waals surface area contributed by atoms with Crippen molar-refractivity contribution in [2.75, 3.05) is 44.3 Å². The molecule has 3 aliphatic heterocycles. The van der Waals surface area contributed by atoms with Crippen molar-refractivity contribution in [2.24, 2.45) is 11.8 Å². The van der Waals surface area contributed by atoms with Gasteiger partial charge in [0, 0.05) is 38.5 Å². The highest BCUT2D eigenvalue weighted by molar-refractivity contribution is 6.03. The van der Waals surface area contributed by atoms with E-state index in [4.69, 9.17) is 9.47 Å². The molecule has 1 aromatic rings. The van der Waals surface area contributed by atoms with Crippen LogP contribution in [0.4, 0.5) is 5.69 Å². The van der Waals surface area contributed by atoms with Gasteiger partial charge in [-0.05, 0) is 63.3 Å². The molecule has 236 valence electrons. The lowest BCUT2D eigenvalue weighted by Gasteiger charge is -2.37. The molecule has 2 bridgehead atoms. The van der Waals surface area contributed by atoms with E-state index in [-0.39, 0.29) is 37.4 Å². The highest BCUT2D eigenvalue weighted by Gasteiger charge is 2.79. The Hall–Kier alpha value is -3.17. The van der Waals surface area contributed by atoms with E-state index in [1.54, 1.807) is 26.9 Å². The van der Waals surface area contributed by atoms with Gasteiger partial charge in [-0.25, -0.2) is 0 Å². The van der Waals surface area contributed by atoms with E-state index in [0.29, 0.717) is 56.8 Å². The quantitative estimate of drug-likeness (QED) is 0.212. The molecule has 1 spiro atoms. The third kappa shape index (κ3) is 5.86. The first-order valence-corrected chi connectivity index (χ1v) is 15.9. The number of benzene rings is 1. The average molecular weight is 596 g/mol. The molecule has 9 heteroatoms. The Morgan fingerprint density at radius 2 is 1.79 bits per heavy atom. The van der Waals surface area contributed by atoms with Crippen LogP contribution in [0.3, 0.4) is 0 Å². The molecule has 3 heterocycles. The van der Waals surface area contributed by atoms with Crippen LogP contribution in [-0.4, -0.2) is 89.3 Å². The van der Waals surface area contributed by atoms with E-state index in [1.165, 1.54) is 0 Å². The maximum Gasteiger partial charge on any atom is 0.248 e. The number of carbonyl (C=O) groups excluding carboxylic acids is 3. The molecule has 2 unspecified atom stereocenters. The van der Waals surface area contributed by atoms with Crippen LogP contribution in [0.5, 0.6) is 5.75 Å². The van der Waals surface area contributed by atoms with Gasteiger partial charge in [0.2, 0.25) is 17.7 Å². The summed E-state index contributed by atoms with van der Waals surface area (Å²) in [4.78, 5) is 48.5. The first-order chi connectivity index (χ1) is 20.8. The Bertz CT molecular complexity index is 1170. The van der Waals surface area contributed by atoms with Gasteiger partial charge in [0.25, 0.3) is 0 Å². The van der Waals surface area contributed by atoms with Crippen LogP contribution in [0.2, 0.25) is 0 Å². The molecule has 3 aliphatic rings. The van der Waals surface area contributed by atoms with Crippen molar-refractivity contribution in [3.63, 3.8) is 0 Å². The molecule has 0 aromatic heterocycles. The van der Waals surface area contributed by atoms with Crippen molar-refractivity contribution in [3.05, 3.63) is 49.6 Å². The number of anilines is 1. The zero-order valence-corrected chi connectivity index (χ0v) is 26.1. The van der Waals surface area contributed by atoms with Crippen molar-refractivity contribution in [2.45, 2.75) is 83.0 Å². The summed E-state index contributed by atoms with van der Waals surface area (Å²) in [5, 5.41) is 9.68. The number of ether oxygens (including phenoxy) is 2. The molecule has 3 fully saturated rings. The summed E-state index contributed by atoms with van der Waals surface area (Å²) >= 11 is 0. The number of unbranched alkanes of at least 4 members (excludes halogenated alkanes) is 2.